The fourth-order valence-electron chi connectivity index (χ4n) is 3.52. The van der Waals surface area contributed by atoms with Crippen LogP contribution >= 0.6 is 22.9 Å². The minimum absolute atomic E-state index is 0.149. The maximum Gasteiger partial charge on any atom is 0.262 e. The average molecular weight is 463 g/mol. The molecule has 2 aromatic carbocycles. The van der Waals surface area contributed by atoms with Crippen LogP contribution in [-0.2, 0) is 11.3 Å². The van der Waals surface area contributed by atoms with Crippen molar-refractivity contribution in [2.24, 2.45) is 0 Å². The number of halogens is 1. The van der Waals surface area contributed by atoms with Gasteiger partial charge in [-0.1, -0.05) is 41.1 Å². The number of rotatable bonds is 5. The highest BCUT2D eigenvalue weighted by Gasteiger charge is 2.37. The Bertz CT molecular complexity index is 1340. The van der Waals surface area contributed by atoms with Gasteiger partial charge in [0.15, 0.2) is 5.13 Å². The fourth-order valence-corrected chi connectivity index (χ4v) is 4.78. The molecule has 9 heteroatoms. The summed E-state index contributed by atoms with van der Waals surface area (Å²) in [5, 5.41) is 1.01. The molecular weight excluding hydrogens is 448 g/mol. The first kappa shape index (κ1) is 20.3. The summed E-state index contributed by atoms with van der Waals surface area (Å²) < 4.78 is 0.826. The largest absolute Gasteiger partial charge is 0.280 e. The molecule has 32 heavy (non-hydrogen) atoms. The second-order valence-electron chi connectivity index (χ2n) is 7.15. The van der Waals surface area contributed by atoms with Crippen molar-refractivity contribution >= 4 is 56.0 Å². The van der Waals surface area contributed by atoms with E-state index in [0.29, 0.717) is 32.5 Å². The molecule has 0 aliphatic carbocycles. The van der Waals surface area contributed by atoms with Crippen LogP contribution in [0.3, 0.4) is 0 Å². The van der Waals surface area contributed by atoms with Gasteiger partial charge in [-0.3, -0.25) is 29.2 Å². The molecule has 0 fully saturated rings. The Hall–Kier alpha value is -3.62. The minimum Gasteiger partial charge on any atom is -0.280 e. The smallest absolute Gasteiger partial charge is 0.262 e. The molecule has 5 rings (SSSR count). The van der Waals surface area contributed by atoms with Gasteiger partial charge in [0.25, 0.3) is 11.8 Å². The van der Waals surface area contributed by atoms with Gasteiger partial charge < -0.3 is 0 Å². The molecule has 0 saturated heterocycles. The lowest BCUT2D eigenvalue weighted by Crippen LogP contribution is -2.42. The first-order valence-electron chi connectivity index (χ1n) is 9.73. The van der Waals surface area contributed by atoms with Crippen LogP contribution in [0.15, 0.2) is 66.9 Å². The van der Waals surface area contributed by atoms with E-state index in [-0.39, 0.29) is 6.54 Å². The number of hydrogen-bond donors (Lipinski definition) is 0. The topological polar surface area (TPSA) is 83.5 Å². The van der Waals surface area contributed by atoms with E-state index in [1.807, 2.05) is 6.07 Å². The van der Waals surface area contributed by atoms with E-state index in [2.05, 4.69) is 9.97 Å². The van der Waals surface area contributed by atoms with E-state index in [9.17, 15) is 14.4 Å². The summed E-state index contributed by atoms with van der Waals surface area (Å²) in [6, 6.07) is 17.3. The lowest BCUT2D eigenvalue weighted by molar-refractivity contribution is -0.119. The first-order chi connectivity index (χ1) is 15.5. The number of anilines is 1. The number of imide groups is 1. The number of hydrogen-bond acceptors (Lipinski definition) is 6. The van der Waals surface area contributed by atoms with Crippen LogP contribution in [0.2, 0.25) is 5.02 Å². The maximum atomic E-state index is 13.4. The van der Waals surface area contributed by atoms with Crippen LogP contribution in [0.25, 0.3) is 10.2 Å². The minimum atomic E-state index is -0.479. The number of aromatic nitrogens is 2. The van der Waals surface area contributed by atoms with Crippen LogP contribution in [0, 0.1) is 0 Å². The fraction of sp³-hybridized carbons (Fsp3) is 0.0870. The maximum absolute atomic E-state index is 13.4. The Kier molecular flexibility index (Phi) is 5.16. The highest BCUT2D eigenvalue weighted by Crippen LogP contribution is 2.32. The lowest BCUT2D eigenvalue weighted by Gasteiger charge is -2.22. The van der Waals surface area contributed by atoms with Gasteiger partial charge in [0, 0.05) is 11.2 Å². The molecule has 0 atom stereocenters. The molecule has 0 radical (unpaired) electrons. The molecule has 0 unspecified atom stereocenters. The van der Waals surface area contributed by atoms with Crippen molar-refractivity contribution in [2.75, 3.05) is 11.4 Å². The molecule has 3 amide bonds. The molecule has 3 heterocycles. The zero-order chi connectivity index (χ0) is 22.2. The highest BCUT2D eigenvalue weighted by molar-refractivity contribution is 7.22. The summed E-state index contributed by atoms with van der Waals surface area (Å²) in [5.74, 6) is -1.39. The van der Waals surface area contributed by atoms with E-state index < -0.39 is 24.3 Å². The van der Waals surface area contributed by atoms with Crippen molar-refractivity contribution < 1.29 is 14.4 Å². The Morgan fingerprint density at radius 3 is 2.41 bits per heavy atom. The van der Waals surface area contributed by atoms with Crippen molar-refractivity contribution in [1.82, 2.24) is 14.9 Å². The summed E-state index contributed by atoms with van der Waals surface area (Å²) in [6.45, 7) is -0.244. The van der Waals surface area contributed by atoms with Gasteiger partial charge in [-0.2, -0.15) is 0 Å². The molecule has 1 aliphatic heterocycles. The third-order valence-electron chi connectivity index (χ3n) is 5.09. The van der Waals surface area contributed by atoms with Gasteiger partial charge in [0.2, 0.25) is 5.91 Å². The Labute approximate surface area is 191 Å². The van der Waals surface area contributed by atoms with Gasteiger partial charge in [-0.25, -0.2) is 4.98 Å². The number of fused-ring (bicyclic) bond motifs is 2. The summed E-state index contributed by atoms with van der Waals surface area (Å²) in [5.41, 5.74) is 1.96. The number of carbonyl (C=O) groups is 3. The van der Waals surface area contributed by atoms with Crippen LogP contribution in [0.5, 0.6) is 0 Å². The normalized spacial score (nSPS) is 13.0. The highest BCUT2D eigenvalue weighted by atomic mass is 35.5. The van der Waals surface area contributed by atoms with Crippen LogP contribution in [0.1, 0.15) is 26.4 Å². The van der Waals surface area contributed by atoms with Crippen LogP contribution in [-0.4, -0.2) is 39.1 Å². The lowest BCUT2D eigenvalue weighted by atomic mass is 10.1. The van der Waals surface area contributed by atoms with Gasteiger partial charge in [0.05, 0.1) is 33.6 Å². The predicted molar refractivity (Wildman–Crippen MR) is 122 cm³/mol. The molecule has 1 aliphatic rings. The van der Waals surface area contributed by atoms with Gasteiger partial charge in [-0.15, -0.1) is 0 Å². The molecular formula is C23H15ClN4O3S. The van der Waals surface area contributed by atoms with Gasteiger partial charge in [0.1, 0.15) is 6.54 Å². The number of amides is 3. The third kappa shape index (κ3) is 3.63. The zero-order valence-electron chi connectivity index (χ0n) is 16.6. The van der Waals surface area contributed by atoms with Crippen molar-refractivity contribution in [2.45, 2.75) is 6.54 Å². The molecule has 7 nitrogen and oxygen atoms in total. The van der Waals surface area contributed by atoms with Crippen molar-refractivity contribution in [1.29, 1.82) is 0 Å². The molecule has 0 spiro atoms. The van der Waals surface area contributed by atoms with E-state index in [1.54, 1.807) is 60.8 Å². The monoisotopic (exact) mass is 462 g/mol. The average Bonchev–Trinajstić information content (AvgIpc) is 3.32. The number of benzene rings is 2. The number of nitrogens with zero attached hydrogens (tertiary/aromatic N) is 4. The van der Waals surface area contributed by atoms with Crippen LogP contribution in [0.4, 0.5) is 5.13 Å². The molecule has 0 saturated carbocycles. The number of thiazole rings is 1. The van der Waals surface area contributed by atoms with Gasteiger partial charge >= 0.3 is 0 Å². The third-order valence-corrected chi connectivity index (χ3v) is 6.37. The molecule has 158 valence electrons. The molecule has 0 N–H and O–H groups in total. The van der Waals surface area contributed by atoms with E-state index in [4.69, 9.17) is 11.6 Å². The second-order valence-corrected chi connectivity index (χ2v) is 8.60. The van der Waals surface area contributed by atoms with E-state index >= 15 is 0 Å². The SMILES string of the molecule is O=C1c2ccccc2C(=O)N1CC(=O)N(Cc1ccccn1)c1nc2ccc(Cl)cc2s1. The Balaban J connectivity index is 1.48. The van der Waals surface area contributed by atoms with Crippen molar-refractivity contribution in [3.8, 4) is 0 Å². The standard InChI is InChI=1S/C23H15ClN4O3S/c24-14-8-9-18-19(11-14)32-23(26-18)27(12-15-5-3-4-10-25-15)20(29)13-28-21(30)16-6-1-2-7-17(16)22(28)31/h1-11H,12-13H2. The van der Waals surface area contributed by atoms with Crippen molar-refractivity contribution in [3.05, 3.63) is 88.7 Å². The number of carbonyl (C=O) groups excluding carboxylic acids is 3. The van der Waals surface area contributed by atoms with Crippen molar-refractivity contribution in [3.63, 3.8) is 0 Å². The van der Waals surface area contributed by atoms with E-state index in [1.165, 1.54) is 16.2 Å². The summed E-state index contributed by atoms with van der Waals surface area (Å²) in [4.78, 5) is 50.1. The Morgan fingerprint density at radius 2 is 1.72 bits per heavy atom. The summed E-state index contributed by atoms with van der Waals surface area (Å²) in [6.07, 6.45) is 1.64. The first-order valence-corrected chi connectivity index (χ1v) is 10.9. The van der Waals surface area contributed by atoms with Gasteiger partial charge in [-0.05, 0) is 42.5 Å². The second kappa shape index (κ2) is 8.14. The van der Waals surface area contributed by atoms with E-state index in [0.717, 1.165) is 9.60 Å². The zero-order valence-corrected chi connectivity index (χ0v) is 18.1. The number of pyridine rings is 1. The predicted octanol–water partition coefficient (Wildman–Crippen LogP) is 4.17. The van der Waals surface area contributed by atoms with Crippen LogP contribution < -0.4 is 4.90 Å². The quantitative estimate of drug-likeness (QED) is 0.415. The summed E-state index contributed by atoms with van der Waals surface area (Å²) >= 11 is 7.40. The summed E-state index contributed by atoms with van der Waals surface area (Å²) in [7, 11) is 0. The molecule has 2 aromatic heterocycles. The Morgan fingerprint density at radius 1 is 1.00 bits per heavy atom. The molecule has 4 aromatic rings. The molecule has 0 bridgehead atoms.